The molecule has 0 saturated heterocycles. The van der Waals surface area contributed by atoms with Crippen molar-refractivity contribution in [2.75, 3.05) is 6.54 Å². The van der Waals surface area contributed by atoms with Crippen molar-refractivity contribution in [3.05, 3.63) is 0 Å². The molecule has 0 aromatic carbocycles. The number of nitrogens with two attached hydrogens (primary N) is 1. The fourth-order valence-corrected chi connectivity index (χ4v) is 1.37. The Morgan fingerprint density at radius 3 is 2.24 bits per heavy atom. The van der Waals surface area contributed by atoms with Gasteiger partial charge in [0.05, 0.1) is 12.3 Å². The van der Waals surface area contributed by atoms with Gasteiger partial charge < -0.3 is 21.3 Å². The highest BCUT2D eigenvalue weighted by Gasteiger charge is 2.26. The van der Waals surface area contributed by atoms with Crippen LogP contribution in [0.15, 0.2) is 0 Å². The molecule has 17 heavy (non-hydrogen) atoms. The lowest BCUT2D eigenvalue weighted by atomic mass is 10.0. The molecule has 98 valence electrons. The van der Waals surface area contributed by atoms with Gasteiger partial charge in [-0.05, 0) is 6.42 Å². The fraction of sp³-hybridized carbons (Fsp3) is 0.700. The highest BCUT2D eigenvalue weighted by atomic mass is 16.4. The molecule has 0 rings (SSSR count). The summed E-state index contributed by atoms with van der Waals surface area (Å²) in [6, 6.07) is -1.41. The van der Waals surface area contributed by atoms with Gasteiger partial charge in [-0.25, -0.2) is 4.79 Å². The molecule has 2 unspecified atom stereocenters. The van der Waals surface area contributed by atoms with E-state index in [2.05, 4.69) is 5.32 Å². The number of rotatable bonds is 8. The van der Waals surface area contributed by atoms with E-state index >= 15 is 0 Å². The Labute approximate surface area is 99.0 Å². The highest BCUT2D eigenvalue weighted by Crippen LogP contribution is 2.05. The van der Waals surface area contributed by atoms with Gasteiger partial charge in [0.15, 0.2) is 0 Å². The normalized spacial score (nSPS) is 13.8. The van der Waals surface area contributed by atoms with Gasteiger partial charge >= 0.3 is 11.9 Å². The Balaban J connectivity index is 4.47. The Kier molecular flexibility index (Phi) is 6.88. The maximum atomic E-state index is 11.6. The molecule has 0 radical (unpaired) electrons. The second kappa shape index (κ2) is 7.61. The van der Waals surface area contributed by atoms with Gasteiger partial charge in [0.2, 0.25) is 5.91 Å². The topological polar surface area (TPSA) is 130 Å². The molecule has 0 bridgehead atoms. The fourth-order valence-electron chi connectivity index (χ4n) is 1.37. The maximum absolute atomic E-state index is 11.6. The molecule has 7 heteroatoms. The predicted octanol–water partition coefficient (Wildman–Crippen LogP) is -0.594. The standard InChI is InChI=1S/C10H18N2O5/c1-2-3-6(5-11)9(15)12-7(10(16)17)4-8(13)14/h6-7H,2-5,11H2,1H3,(H,12,15)(H,13,14)(H,16,17). The van der Waals surface area contributed by atoms with E-state index < -0.39 is 36.2 Å². The summed E-state index contributed by atoms with van der Waals surface area (Å²) in [6.07, 6.45) is 0.637. The molecule has 0 aliphatic rings. The number of carbonyl (C=O) groups is 3. The number of nitrogens with one attached hydrogen (secondary N) is 1. The predicted molar refractivity (Wildman–Crippen MR) is 59.3 cm³/mol. The van der Waals surface area contributed by atoms with Crippen LogP contribution in [0.25, 0.3) is 0 Å². The average Bonchev–Trinajstić information content (AvgIpc) is 2.23. The molecule has 7 nitrogen and oxygen atoms in total. The Morgan fingerprint density at radius 1 is 1.29 bits per heavy atom. The summed E-state index contributed by atoms with van der Waals surface area (Å²) in [4.78, 5) is 32.8. The van der Waals surface area contributed by atoms with Crippen molar-refractivity contribution in [3.63, 3.8) is 0 Å². The van der Waals surface area contributed by atoms with Gasteiger partial charge in [-0.2, -0.15) is 0 Å². The van der Waals surface area contributed by atoms with Gasteiger partial charge in [-0.1, -0.05) is 13.3 Å². The summed E-state index contributed by atoms with van der Waals surface area (Å²) in [7, 11) is 0. The Morgan fingerprint density at radius 2 is 1.88 bits per heavy atom. The van der Waals surface area contributed by atoms with Crippen LogP contribution in [0.3, 0.4) is 0 Å². The molecule has 0 aromatic heterocycles. The van der Waals surface area contributed by atoms with Crippen molar-refractivity contribution < 1.29 is 24.6 Å². The van der Waals surface area contributed by atoms with Gasteiger partial charge in [0.1, 0.15) is 6.04 Å². The Bertz CT molecular complexity index is 292. The van der Waals surface area contributed by atoms with Crippen LogP contribution in [0.1, 0.15) is 26.2 Å². The van der Waals surface area contributed by atoms with E-state index in [-0.39, 0.29) is 6.54 Å². The summed E-state index contributed by atoms with van der Waals surface area (Å²) < 4.78 is 0. The second-order valence-electron chi connectivity index (χ2n) is 3.72. The zero-order valence-electron chi connectivity index (χ0n) is 9.68. The minimum absolute atomic E-state index is 0.110. The van der Waals surface area contributed by atoms with E-state index in [1.54, 1.807) is 0 Å². The molecular formula is C10H18N2O5. The summed E-state index contributed by atoms with van der Waals surface area (Å²) in [5.41, 5.74) is 5.39. The molecule has 0 heterocycles. The summed E-state index contributed by atoms with van der Waals surface area (Å²) >= 11 is 0. The van der Waals surface area contributed by atoms with Crippen LogP contribution in [0.2, 0.25) is 0 Å². The zero-order chi connectivity index (χ0) is 13.4. The Hall–Kier alpha value is -1.63. The van der Waals surface area contributed by atoms with E-state index in [4.69, 9.17) is 15.9 Å². The number of aliphatic carboxylic acids is 2. The van der Waals surface area contributed by atoms with E-state index in [9.17, 15) is 14.4 Å². The van der Waals surface area contributed by atoms with E-state index in [0.717, 1.165) is 6.42 Å². The van der Waals surface area contributed by atoms with Crippen LogP contribution in [0.5, 0.6) is 0 Å². The van der Waals surface area contributed by atoms with Crippen molar-refractivity contribution in [1.29, 1.82) is 0 Å². The third-order valence-corrected chi connectivity index (χ3v) is 2.29. The van der Waals surface area contributed by atoms with E-state index in [0.29, 0.717) is 6.42 Å². The molecule has 0 aliphatic carbocycles. The first-order valence-corrected chi connectivity index (χ1v) is 5.37. The molecule has 5 N–H and O–H groups in total. The van der Waals surface area contributed by atoms with Crippen LogP contribution in [-0.2, 0) is 14.4 Å². The number of hydrogen-bond acceptors (Lipinski definition) is 4. The van der Waals surface area contributed by atoms with Crippen LogP contribution in [-0.4, -0.2) is 40.6 Å². The van der Waals surface area contributed by atoms with Gasteiger partial charge in [-0.15, -0.1) is 0 Å². The van der Waals surface area contributed by atoms with Crippen molar-refractivity contribution in [1.82, 2.24) is 5.32 Å². The number of carbonyl (C=O) groups excluding carboxylic acids is 1. The van der Waals surface area contributed by atoms with Crippen LogP contribution < -0.4 is 11.1 Å². The van der Waals surface area contributed by atoms with Crippen molar-refractivity contribution in [2.24, 2.45) is 11.7 Å². The molecule has 0 aromatic rings. The van der Waals surface area contributed by atoms with Crippen molar-refractivity contribution in [3.8, 4) is 0 Å². The zero-order valence-corrected chi connectivity index (χ0v) is 9.68. The summed E-state index contributed by atoms with van der Waals surface area (Å²) in [6.45, 7) is 1.99. The van der Waals surface area contributed by atoms with Gasteiger partial charge in [0.25, 0.3) is 0 Å². The number of carboxylic acids is 2. The third-order valence-electron chi connectivity index (χ3n) is 2.29. The van der Waals surface area contributed by atoms with E-state index in [1.165, 1.54) is 0 Å². The second-order valence-corrected chi connectivity index (χ2v) is 3.72. The number of amides is 1. The minimum atomic E-state index is -1.41. The number of carboxylic acid groups (broad SMARTS) is 2. The first-order valence-electron chi connectivity index (χ1n) is 5.37. The highest BCUT2D eigenvalue weighted by molar-refractivity contribution is 5.87. The average molecular weight is 246 g/mol. The van der Waals surface area contributed by atoms with Crippen LogP contribution >= 0.6 is 0 Å². The third kappa shape index (κ3) is 5.86. The largest absolute Gasteiger partial charge is 0.481 e. The molecule has 0 fully saturated rings. The van der Waals surface area contributed by atoms with Crippen molar-refractivity contribution in [2.45, 2.75) is 32.2 Å². The number of hydrogen-bond donors (Lipinski definition) is 4. The monoisotopic (exact) mass is 246 g/mol. The van der Waals surface area contributed by atoms with Crippen LogP contribution in [0.4, 0.5) is 0 Å². The van der Waals surface area contributed by atoms with Gasteiger partial charge in [-0.3, -0.25) is 9.59 Å². The maximum Gasteiger partial charge on any atom is 0.326 e. The lowest BCUT2D eigenvalue weighted by molar-refractivity contribution is -0.147. The quantitative estimate of drug-likeness (QED) is 0.452. The van der Waals surface area contributed by atoms with E-state index in [1.807, 2.05) is 6.92 Å². The minimum Gasteiger partial charge on any atom is -0.481 e. The molecular weight excluding hydrogens is 228 g/mol. The molecule has 1 amide bonds. The lowest BCUT2D eigenvalue weighted by Crippen LogP contribution is -2.46. The first kappa shape index (κ1) is 15.4. The molecule has 0 spiro atoms. The first-order chi connectivity index (χ1) is 7.92. The van der Waals surface area contributed by atoms with Crippen molar-refractivity contribution >= 4 is 17.8 Å². The van der Waals surface area contributed by atoms with Crippen LogP contribution in [0, 0.1) is 5.92 Å². The summed E-state index contributed by atoms with van der Waals surface area (Å²) in [5, 5.41) is 19.4. The SMILES string of the molecule is CCCC(CN)C(=O)NC(CC(=O)O)C(=O)O. The lowest BCUT2D eigenvalue weighted by Gasteiger charge is -2.17. The smallest absolute Gasteiger partial charge is 0.326 e. The molecule has 0 saturated carbocycles. The summed E-state index contributed by atoms with van der Waals surface area (Å²) in [5.74, 6) is -3.64. The molecule has 0 aliphatic heterocycles. The molecule has 2 atom stereocenters. The van der Waals surface area contributed by atoms with Gasteiger partial charge in [0, 0.05) is 6.54 Å².